The maximum Gasteiger partial charge on any atom is 0.340 e. The van der Waals surface area contributed by atoms with Crippen LogP contribution in [0.25, 0.3) is 22.3 Å². The van der Waals surface area contributed by atoms with Gasteiger partial charge in [-0.15, -0.1) is 0 Å². The molecule has 0 saturated carbocycles. The first kappa shape index (κ1) is 15.9. The molecule has 0 spiro atoms. The van der Waals surface area contributed by atoms with Crippen molar-refractivity contribution in [3.05, 3.63) is 47.5 Å². The summed E-state index contributed by atoms with van der Waals surface area (Å²) in [6.45, 7) is -0.228. The summed E-state index contributed by atoms with van der Waals surface area (Å²) < 4.78 is 16.2. The van der Waals surface area contributed by atoms with Crippen LogP contribution in [0.2, 0.25) is 0 Å². The predicted molar refractivity (Wildman–Crippen MR) is 87.6 cm³/mol. The van der Waals surface area contributed by atoms with Gasteiger partial charge in [0.2, 0.25) is 0 Å². The molecule has 2 N–H and O–H groups in total. The molecule has 0 atom stereocenters. The molecule has 0 aliphatic heterocycles. The number of aliphatic hydroxyl groups excluding tert-OH is 1. The molecule has 0 bridgehead atoms. The number of rotatable bonds is 5. The van der Waals surface area contributed by atoms with E-state index in [1.54, 1.807) is 43.5 Å². The first-order valence-corrected chi connectivity index (χ1v) is 7.21. The van der Waals surface area contributed by atoms with E-state index in [0.29, 0.717) is 33.6 Å². The predicted octanol–water partition coefficient (Wildman–Crippen LogP) is 3.31. The standard InChI is InChI=1S/C18H16O6/c1-22-12-5-3-11(4-6-12)16-15(18(20)21)13-7-10(9-19)8-14(23-2)17(13)24-16/h3-8,19H,9H2,1-2H3,(H,20,21). The normalized spacial score (nSPS) is 10.8. The van der Waals surface area contributed by atoms with Gasteiger partial charge < -0.3 is 24.1 Å². The molecule has 1 aromatic heterocycles. The first-order chi connectivity index (χ1) is 11.6. The van der Waals surface area contributed by atoms with Crippen molar-refractivity contribution in [1.82, 2.24) is 0 Å². The molecule has 1 heterocycles. The molecule has 0 saturated heterocycles. The van der Waals surface area contributed by atoms with E-state index in [1.807, 2.05) is 0 Å². The third-order valence-electron chi connectivity index (χ3n) is 3.78. The molecular formula is C18H16O6. The zero-order valence-corrected chi connectivity index (χ0v) is 13.2. The molecule has 6 heteroatoms. The van der Waals surface area contributed by atoms with Gasteiger partial charge in [0.25, 0.3) is 0 Å². The van der Waals surface area contributed by atoms with Crippen molar-refractivity contribution in [2.75, 3.05) is 14.2 Å². The van der Waals surface area contributed by atoms with Gasteiger partial charge in [-0.2, -0.15) is 0 Å². The zero-order valence-electron chi connectivity index (χ0n) is 13.2. The number of fused-ring (bicyclic) bond motifs is 1. The lowest BCUT2D eigenvalue weighted by molar-refractivity contribution is 0.0699. The Balaban J connectivity index is 2.30. The summed E-state index contributed by atoms with van der Waals surface area (Å²) in [4.78, 5) is 11.8. The Morgan fingerprint density at radius 2 is 1.83 bits per heavy atom. The molecule has 124 valence electrons. The molecule has 0 amide bonds. The number of carboxylic acid groups (broad SMARTS) is 1. The van der Waals surface area contributed by atoms with E-state index < -0.39 is 5.97 Å². The van der Waals surface area contributed by atoms with Crippen molar-refractivity contribution in [3.8, 4) is 22.8 Å². The van der Waals surface area contributed by atoms with Crippen LogP contribution in [0.4, 0.5) is 0 Å². The fraction of sp³-hybridized carbons (Fsp3) is 0.167. The summed E-state index contributed by atoms with van der Waals surface area (Å²) in [7, 11) is 3.02. The van der Waals surface area contributed by atoms with Crippen LogP contribution in [0.3, 0.4) is 0 Å². The zero-order chi connectivity index (χ0) is 17.3. The Morgan fingerprint density at radius 1 is 1.12 bits per heavy atom. The number of methoxy groups -OCH3 is 2. The molecular weight excluding hydrogens is 312 g/mol. The number of aliphatic hydroxyl groups is 1. The maximum absolute atomic E-state index is 11.8. The van der Waals surface area contributed by atoms with E-state index >= 15 is 0 Å². The number of aromatic carboxylic acids is 1. The summed E-state index contributed by atoms with van der Waals surface area (Å²) in [5, 5.41) is 19.4. The lowest BCUT2D eigenvalue weighted by Crippen LogP contribution is -1.98. The number of ether oxygens (including phenoxy) is 2. The van der Waals surface area contributed by atoms with Gasteiger partial charge in [0, 0.05) is 10.9 Å². The molecule has 6 nitrogen and oxygen atoms in total. The second kappa shape index (κ2) is 6.25. The number of carbonyl (C=O) groups is 1. The summed E-state index contributed by atoms with van der Waals surface area (Å²) in [6.07, 6.45) is 0. The van der Waals surface area contributed by atoms with Crippen molar-refractivity contribution >= 4 is 16.9 Å². The van der Waals surface area contributed by atoms with Gasteiger partial charge in [-0.3, -0.25) is 0 Å². The highest BCUT2D eigenvalue weighted by atomic mass is 16.5. The van der Waals surface area contributed by atoms with E-state index in [2.05, 4.69) is 0 Å². The van der Waals surface area contributed by atoms with Crippen LogP contribution in [0.1, 0.15) is 15.9 Å². The van der Waals surface area contributed by atoms with Crippen LogP contribution in [0.15, 0.2) is 40.8 Å². The lowest BCUT2D eigenvalue weighted by atomic mass is 10.0. The highest BCUT2D eigenvalue weighted by molar-refractivity contribution is 6.09. The molecule has 0 unspecified atom stereocenters. The van der Waals surface area contributed by atoms with E-state index in [4.69, 9.17) is 13.9 Å². The molecule has 0 aliphatic rings. The molecule has 0 fully saturated rings. The summed E-state index contributed by atoms with van der Waals surface area (Å²) in [6, 6.07) is 10.1. The third kappa shape index (κ3) is 2.57. The molecule has 0 aliphatic carbocycles. The fourth-order valence-electron chi connectivity index (χ4n) is 2.63. The van der Waals surface area contributed by atoms with Crippen molar-refractivity contribution in [1.29, 1.82) is 0 Å². The van der Waals surface area contributed by atoms with E-state index in [1.165, 1.54) is 7.11 Å². The SMILES string of the molecule is COc1ccc(-c2oc3c(OC)cc(CO)cc3c2C(=O)O)cc1. The Kier molecular flexibility index (Phi) is 4.14. The topological polar surface area (TPSA) is 89.1 Å². The molecule has 0 radical (unpaired) electrons. The largest absolute Gasteiger partial charge is 0.497 e. The average Bonchev–Trinajstić information content (AvgIpc) is 3.00. The Morgan fingerprint density at radius 3 is 2.38 bits per heavy atom. The number of furan rings is 1. The number of hydrogen-bond donors (Lipinski definition) is 2. The molecule has 3 rings (SSSR count). The fourth-order valence-corrected chi connectivity index (χ4v) is 2.63. The van der Waals surface area contributed by atoms with Crippen molar-refractivity contribution in [2.45, 2.75) is 6.61 Å². The van der Waals surface area contributed by atoms with Crippen LogP contribution in [0, 0.1) is 0 Å². The quantitative estimate of drug-likeness (QED) is 0.747. The second-order valence-electron chi connectivity index (χ2n) is 5.17. The Labute approximate surface area is 137 Å². The van der Waals surface area contributed by atoms with E-state index in [-0.39, 0.29) is 17.9 Å². The summed E-state index contributed by atoms with van der Waals surface area (Å²) >= 11 is 0. The molecule has 3 aromatic rings. The van der Waals surface area contributed by atoms with Crippen LogP contribution >= 0.6 is 0 Å². The van der Waals surface area contributed by atoms with Gasteiger partial charge >= 0.3 is 5.97 Å². The summed E-state index contributed by atoms with van der Waals surface area (Å²) in [5.41, 5.74) is 1.52. The minimum absolute atomic E-state index is 0.0313. The monoisotopic (exact) mass is 328 g/mol. The van der Waals surface area contributed by atoms with Crippen molar-refractivity contribution < 1.29 is 28.9 Å². The first-order valence-electron chi connectivity index (χ1n) is 7.21. The van der Waals surface area contributed by atoms with Crippen LogP contribution in [-0.4, -0.2) is 30.4 Å². The van der Waals surface area contributed by atoms with Gasteiger partial charge in [0.05, 0.1) is 20.8 Å². The molecule has 24 heavy (non-hydrogen) atoms. The minimum Gasteiger partial charge on any atom is -0.497 e. The third-order valence-corrected chi connectivity index (χ3v) is 3.78. The molecule has 2 aromatic carbocycles. The summed E-state index contributed by atoms with van der Waals surface area (Å²) in [5.74, 6) is 0.149. The maximum atomic E-state index is 11.8. The van der Waals surface area contributed by atoms with Gasteiger partial charge in [0.15, 0.2) is 11.3 Å². The number of hydrogen-bond acceptors (Lipinski definition) is 5. The smallest absolute Gasteiger partial charge is 0.340 e. The van der Waals surface area contributed by atoms with Crippen molar-refractivity contribution in [3.63, 3.8) is 0 Å². The van der Waals surface area contributed by atoms with Crippen LogP contribution in [-0.2, 0) is 6.61 Å². The lowest BCUT2D eigenvalue weighted by Gasteiger charge is -2.03. The number of benzene rings is 2. The Hall–Kier alpha value is -2.99. The number of carboxylic acids is 1. The second-order valence-corrected chi connectivity index (χ2v) is 5.17. The van der Waals surface area contributed by atoms with E-state index in [0.717, 1.165) is 0 Å². The Bertz CT molecular complexity index is 892. The van der Waals surface area contributed by atoms with Crippen LogP contribution < -0.4 is 9.47 Å². The van der Waals surface area contributed by atoms with Crippen LogP contribution in [0.5, 0.6) is 11.5 Å². The van der Waals surface area contributed by atoms with Gasteiger partial charge in [0.1, 0.15) is 17.1 Å². The highest BCUT2D eigenvalue weighted by Gasteiger charge is 2.24. The minimum atomic E-state index is -1.11. The van der Waals surface area contributed by atoms with Gasteiger partial charge in [-0.1, -0.05) is 0 Å². The van der Waals surface area contributed by atoms with Gasteiger partial charge in [-0.25, -0.2) is 4.79 Å². The van der Waals surface area contributed by atoms with E-state index in [9.17, 15) is 15.0 Å². The highest BCUT2D eigenvalue weighted by Crippen LogP contribution is 2.39. The van der Waals surface area contributed by atoms with Gasteiger partial charge in [-0.05, 0) is 42.0 Å². The average molecular weight is 328 g/mol. The van der Waals surface area contributed by atoms with Crippen molar-refractivity contribution in [2.24, 2.45) is 0 Å².